The van der Waals surface area contributed by atoms with Crippen LogP contribution in [-0.4, -0.2) is 32.5 Å². The predicted octanol–water partition coefficient (Wildman–Crippen LogP) is 0.0290. The van der Waals surface area contributed by atoms with Crippen molar-refractivity contribution in [2.24, 2.45) is 5.92 Å². The first-order chi connectivity index (χ1) is 5.04. The molecule has 4 heteroatoms. The molecular formula is C7H15NO2S. The third-order valence-corrected chi connectivity index (χ3v) is 4.52. The minimum absolute atomic E-state index is 0.170. The quantitative estimate of drug-likeness (QED) is 0.614. The molecule has 0 aromatic rings. The molecule has 0 saturated carbocycles. The van der Waals surface area contributed by atoms with Crippen molar-refractivity contribution in [1.82, 2.24) is 5.32 Å². The van der Waals surface area contributed by atoms with Gasteiger partial charge in [0.2, 0.25) is 0 Å². The summed E-state index contributed by atoms with van der Waals surface area (Å²) in [7, 11) is -2.79. The molecule has 1 atom stereocenters. The molecule has 0 unspecified atom stereocenters. The molecule has 0 aliphatic carbocycles. The Morgan fingerprint density at radius 1 is 1.45 bits per heavy atom. The maximum atomic E-state index is 11.4. The van der Waals surface area contributed by atoms with Crippen LogP contribution in [0.1, 0.15) is 13.8 Å². The van der Waals surface area contributed by atoms with Crippen LogP contribution < -0.4 is 5.32 Å². The Labute approximate surface area is 68.1 Å². The van der Waals surface area contributed by atoms with Crippen molar-refractivity contribution >= 4 is 9.84 Å². The van der Waals surface area contributed by atoms with E-state index in [2.05, 4.69) is 5.32 Å². The van der Waals surface area contributed by atoms with Gasteiger partial charge in [-0.3, -0.25) is 0 Å². The number of hydrogen-bond donors (Lipinski definition) is 1. The van der Waals surface area contributed by atoms with Crippen LogP contribution in [0.25, 0.3) is 0 Å². The Kier molecular flexibility index (Phi) is 2.54. The van der Waals surface area contributed by atoms with E-state index < -0.39 is 9.84 Å². The van der Waals surface area contributed by atoms with Gasteiger partial charge in [0, 0.05) is 13.1 Å². The van der Waals surface area contributed by atoms with Crippen molar-refractivity contribution in [2.75, 3.05) is 18.8 Å². The summed E-state index contributed by atoms with van der Waals surface area (Å²) < 4.78 is 22.8. The van der Waals surface area contributed by atoms with E-state index >= 15 is 0 Å². The summed E-state index contributed by atoms with van der Waals surface area (Å²) in [6.45, 7) is 5.15. The van der Waals surface area contributed by atoms with Crippen LogP contribution in [-0.2, 0) is 9.84 Å². The summed E-state index contributed by atoms with van der Waals surface area (Å²) in [5.41, 5.74) is 0. The molecule has 1 rings (SSSR count). The summed E-state index contributed by atoms with van der Waals surface area (Å²) in [5, 5.41) is 2.92. The van der Waals surface area contributed by atoms with Gasteiger partial charge in [0.15, 0.2) is 9.84 Å². The van der Waals surface area contributed by atoms with E-state index in [1.807, 2.05) is 13.8 Å². The average molecular weight is 177 g/mol. The van der Waals surface area contributed by atoms with Gasteiger partial charge in [0.05, 0.1) is 11.0 Å². The Balaban J connectivity index is 2.76. The highest BCUT2D eigenvalue weighted by Gasteiger charge is 2.30. The van der Waals surface area contributed by atoms with Gasteiger partial charge >= 0.3 is 0 Å². The lowest BCUT2D eigenvalue weighted by molar-refractivity contribution is 0.489. The molecule has 0 aromatic carbocycles. The lowest BCUT2D eigenvalue weighted by Crippen LogP contribution is -2.46. The second-order valence-electron chi connectivity index (χ2n) is 3.35. The Bertz CT molecular complexity index is 221. The highest BCUT2D eigenvalue weighted by Crippen LogP contribution is 2.14. The van der Waals surface area contributed by atoms with Gasteiger partial charge in [-0.25, -0.2) is 8.42 Å². The van der Waals surface area contributed by atoms with E-state index in [9.17, 15) is 8.42 Å². The molecule has 0 radical (unpaired) electrons. The molecule has 3 nitrogen and oxygen atoms in total. The zero-order chi connectivity index (χ0) is 8.48. The fraction of sp³-hybridized carbons (Fsp3) is 1.00. The minimum Gasteiger partial charge on any atom is -0.314 e. The second-order valence-corrected chi connectivity index (χ2v) is 5.69. The lowest BCUT2D eigenvalue weighted by Gasteiger charge is -2.25. The molecule has 1 N–H and O–H groups in total. The fourth-order valence-electron chi connectivity index (χ4n) is 1.39. The SMILES string of the molecule is CC(C)[C@@H]1CNCCS1(=O)=O. The molecule has 0 bridgehead atoms. The summed E-state index contributed by atoms with van der Waals surface area (Å²) in [6, 6.07) is 0. The van der Waals surface area contributed by atoms with Crippen LogP contribution in [0.3, 0.4) is 0 Å². The zero-order valence-electron chi connectivity index (χ0n) is 7.00. The van der Waals surface area contributed by atoms with Crippen molar-refractivity contribution in [3.8, 4) is 0 Å². The summed E-state index contributed by atoms with van der Waals surface area (Å²) in [6.07, 6.45) is 0. The van der Waals surface area contributed by atoms with Crippen LogP contribution in [0.4, 0.5) is 0 Å². The third kappa shape index (κ3) is 1.93. The first kappa shape index (κ1) is 9.00. The Morgan fingerprint density at radius 3 is 2.45 bits per heavy atom. The number of hydrogen-bond acceptors (Lipinski definition) is 3. The highest BCUT2D eigenvalue weighted by molar-refractivity contribution is 7.92. The summed E-state index contributed by atoms with van der Waals surface area (Å²) >= 11 is 0. The van der Waals surface area contributed by atoms with Gasteiger partial charge in [-0.15, -0.1) is 0 Å². The molecule has 1 aliphatic rings. The zero-order valence-corrected chi connectivity index (χ0v) is 7.82. The summed E-state index contributed by atoms with van der Waals surface area (Å²) in [5.74, 6) is 0.531. The second kappa shape index (κ2) is 3.11. The standard InChI is InChI=1S/C7H15NO2S/c1-6(2)7-5-8-3-4-11(7,9)10/h6-8H,3-5H2,1-2H3/t7-/m0/s1. The topological polar surface area (TPSA) is 46.2 Å². The van der Waals surface area contributed by atoms with Crippen molar-refractivity contribution in [1.29, 1.82) is 0 Å². The van der Waals surface area contributed by atoms with Gasteiger partial charge in [-0.2, -0.15) is 0 Å². The number of nitrogens with one attached hydrogen (secondary N) is 1. The third-order valence-electron chi connectivity index (χ3n) is 2.11. The Morgan fingerprint density at radius 2 is 2.09 bits per heavy atom. The van der Waals surface area contributed by atoms with Crippen LogP contribution in [0, 0.1) is 5.92 Å². The normalized spacial score (nSPS) is 30.6. The first-order valence-electron chi connectivity index (χ1n) is 3.96. The molecule has 1 heterocycles. The molecule has 0 amide bonds. The number of sulfone groups is 1. The van der Waals surface area contributed by atoms with Gasteiger partial charge in [0.1, 0.15) is 0 Å². The molecule has 66 valence electrons. The van der Waals surface area contributed by atoms with E-state index in [-0.39, 0.29) is 11.2 Å². The maximum absolute atomic E-state index is 11.4. The van der Waals surface area contributed by atoms with E-state index in [0.29, 0.717) is 18.8 Å². The van der Waals surface area contributed by atoms with E-state index in [1.165, 1.54) is 0 Å². The maximum Gasteiger partial charge on any atom is 0.155 e. The van der Waals surface area contributed by atoms with Gasteiger partial charge in [-0.1, -0.05) is 13.8 Å². The smallest absolute Gasteiger partial charge is 0.155 e. The van der Waals surface area contributed by atoms with Crippen LogP contribution >= 0.6 is 0 Å². The molecule has 1 aliphatic heterocycles. The van der Waals surface area contributed by atoms with Gasteiger partial charge < -0.3 is 5.32 Å². The van der Waals surface area contributed by atoms with E-state index in [0.717, 1.165) is 0 Å². The van der Waals surface area contributed by atoms with E-state index in [4.69, 9.17) is 0 Å². The first-order valence-corrected chi connectivity index (χ1v) is 5.68. The monoisotopic (exact) mass is 177 g/mol. The van der Waals surface area contributed by atoms with Crippen molar-refractivity contribution in [2.45, 2.75) is 19.1 Å². The van der Waals surface area contributed by atoms with Crippen molar-refractivity contribution < 1.29 is 8.42 Å². The Hall–Kier alpha value is -0.0900. The minimum atomic E-state index is -2.79. The number of rotatable bonds is 1. The highest BCUT2D eigenvalue weighted by atomic mass is 32.2. The average Bonchev–Trinajstić information content (AvgIpc) is 1.85. The van der Waals surface area contributed by atoms with Crippen LogP contribution in [0.15, 0.2) is 0 Å². The fourth-order valence-corrected chi connectivity index (χ4v) is 3.32. The molecule has 0 aromatic heterocycles. The molecule has 11 heavy (non-hydrogen) atoms. The molecular weight excluding hydrogens is 162 g/mol. The van der Waals surface area contributed by atoms with Gasteiger partial charge in [0.25, 0.3) is 0 Å². The molecule has 1 fully saturated rings. The molecule has 1 saturated heterocycles. The van der Waals surface area contributed by atoms with Crippen molar-refractivity contribution in [3.63, 3.8) is 0 Å². The van der Waals surface area contributed by atoms with Crippen LogP contribution in [0.5, 0.6) is 0 Å². The summed E-state index contributed by atoms with van der Waals surface area (Å²) in [4.78, 5) is 0. The van der Waals surface area contributed by atoms with Gasteiger partial charge in [-0.05, 0) is 5.92 Å². The van der Waals surface area contributed by atoms with E-state index in [1.54, 1.807) is 0 Å². The van der Waals surface area contributed by atoms with Crippen molar-refractivity contribution in [3.05, 3.63) is 0 Å². The molecule has 0 spiro atoms. The predicted molar refractivity (Wildman–Crippen MR) is 45.3 cm³/mol. The lowest BCUT2D eigenvalue weighted by atomic mass is 10.1. The largest absolute Gasteiger partial charge is 0.314 e. The van der Waals surface area contributed by atoms with Crippen LogP contribution in [0.2, 0.25) is 0 Å².